The van der Waals surface area contributed by atoms with Crippen molar-refractivity contribution in [1.29, 1.82) is 0 Å². The number of nitrogens with zero attached hydrogens (tertiary/aromatic N) is 2. The van der Waals surface area contributed by atoms with Gasteiger partial charge in [-0.15, -0.1) is 0 Å². The van der Waals surface area contributed by atoms with Crippen LogP contribution < -0.4 is 5.43 Å². The normalized spacial score (nSPS) is 10.6. The lowest BCUT2D eigenvalue weighted by atomic mass is 10.2. The molecule has 0 saturated heterocycles. The minimum absolute atomic E-state index is 0. The van der Waals surface area contributed by atoms with E-state index < -0.39 is 0 Å². The second-order valence-electron chi connectivity index (χ2n) is 4.44. The Morgan fingerprint density at radius 2 is 1.86 bits per heavy atom. The number of aromatic nitrogens is 1. The van der Waals surface area contributed by atoms with Gasteiger partial charge in [0.2, 0.25) is 0 Å². The Hall–Kier alpha value is -2.50. The smallest absolute Gasteiger partial charge is 0.123 e. The van der Waals surface area contributed by atoms with Gasteiger partial charge in [0.25, 0.3) is 0 Å². The van der Waals surface area contributed by atoms with Crippen LogP contribution in [0.1, 0.15) is 5.56 Å². The maximum Gasteiger partial charge on any atom is 0.123 e. The van der Waals surface area contributed by atoms with Gasteiger partial charge in [0, 0.05) is 16.6 Å². The van der Waals surface area contributed by atoms with Crippen molar-refractivity contribution in [3.05, 3.63) is 71.1 Å². The highest BCUT2D eigenvalue weighted by molar-refractivity contribution is 6.31. The summed E-state index contributed by atoms with van der Waals surface area (Å²) in [5.41, 5.74) is 5.40. The van der Waals surface area contributed by atoms with Crippen molar-refractivity contribution in [2.24, 2.45) is 5.10 Å². The van der Waals surface area contributed by atoms with Gasteiger partial charge in [0.15, 0.2) is 0 Å². The van der Waals surface area contributed by atoms with Crippen molar-refractivity contribution in [3.8, 4) is 0 Å². The molecule has 0 spiro atoms. The molecule has 112 valence electrons. The average molecular weight is 318 g/mol. The van der Waals surface area contributed by atoms with Crippen LogP contribution in [0, 0.1) is 5.82 Å². The first-order valence-corrected chi connectivity index (χ1v) is 6.69. The van der Waals surface area contributed by atoms with Crippen LogP contribution in [0.5, 0.6) is 0 Å². The van der Waals surface area contributed by atoms with E-state index in [1.807, 2.05) is 12.1 Å². The number of fused-ring (bicyclic) bond motifs is 1. The molecule has 0 unspecified atom stereocenters. The van der Waals surface area contributed by atoms with E-state index >= 15 is 0 Å². The molecule has 1 aromatic heterocycles. The first-order chi connectivity index (χ1) is 10.2. The zero-order valence-electron chi connectivity index (χ0n) is 11.4. The molecule has 0 amide bonds. The van der Waals surface area contributed by atoms with Crippen molar-refractivity contribution in [1.82, 2.24) is 4.98 Å². The fraction of sp³-hybridized carbons (Fsp3) is 0. The van der Waals surface area contributed by atoms with E-state index in [1.54, 1.807) is 36.7 Å². The molecular formula is C16H13ClFN3O. The van der Waals surface area contributed by atoms with E-state index in [0.29, 0.717) is 5.02 Å². The van der Waals surface area contributed by atoms with Gasteiger partial charge in [-0.3, -0.25) is 10.4 Å². The van der Waals surface area contributed by atoms with Crippen LogP contribution in [0.15, 0.2) is 59.8 Å². The van der Waals surface area contributed by atoms with Crippen molar-refractivity contribution in [2.45, 2.75) is 0 Å². The lowest BCUT2D eigenvalue weighted by Gasteiger charge is -2.05. The summed E-state index contributed by atoms with van der Waals surface area (Å²) in [7, 11) is 0. The summed E-state index contributed by atoms with van der Waals surface area (Å²) in [6, 6.07) is 13.4. The minimum Gasteiger partial charge on any atom is -0.412 e. The largest absolute Gasteiger partial charge is 0.412 e. The molecule has 2 aromatic carbocycles. The van der Waals surface area contributed by atoms with Crippen molar-refractivity contribution in [3.63, 3.8) is 0 Å². The van der Waals surface area contributed by atoms with E-state index in [1.165, 1.54) is 12.1 Å². The maximum atomic E-state index is 12.8. The fourth-order valence-corrected chi connectivity index (χ4v) is 2.11. The van der Waals surface area contributed by atoms with Gasteiger partial charge in [-0.2, -0.15) is 5.10 Å². The second-order valence-corrected chi connectivity index (χ2v) is 4.88. The van der Waals surface area contributed by atoms with Crippen LogP contribution in [0.3, 0.4) is 0 Å². The monoisotopic (exact) mass is 317 g/mol. The third-order valence-electron chi connectivity index (χ3n) is 2.97. The predicted molar refractivity (Wildman–Crippen MR) is 88.0 cm³/mol. The van der Waals surface area contributed by atoms with Crippen LogP contribution in [-0.2, 0) is 0 Å². The highest BCUT2D eigenvalue weighted by Gasteiger charge is 2.01. The summed E-state index contributed by atoms with van der Waals surface area (Å²) < 4.78 is 12.8. The molecule has 3 rings (SSSR count). The van der Waals surface area contributed by atoms with E-state index in [-0.39, 0.29) is 11.3 Å². The van der Waals surface area contributed by atoms with Gasteiger partial charge < -0.3 is 5.48 Å². The predicted octanol–water partition coefficient (Wildman–Crippen LogP) is 3.65. The molecule has 6 heteroatoms. The topological polar surface area (TPSA) is 68.8 Å². The number of halogens is 2. The quantitative estimate of drug-likeness (QED) is 0.591. The Kier molecular flexibility index (Phi) is 5.04. The molecule has 0 fully saturated rings. The zero-order chi connectivity index (χ0) is 14.7. The first-order valence-electron chi connectivity index (χ1n) is 6.31. The van der Waals surface area contributed by atoms with Gasteiger partial charge in [0.1, 0.15) is 5.82 Å². The highest BCUT2D eigenvalue weighted by Crippen LogP contribution is 2.24. The van der Waals surface area contributed by atoms with Crippen LogP contribution in [-0.4, -0.2) is 16.7 Å². The standard InChI is InChI=1S/C16H11ClFN3.H2O/c17-12-3-6-14-15(7-8-19-16(14)9-12)21-20-10-11-1-4-13(18)5-2-11;/h1-10H,(H,19,21);1H2/b20-10+;. The third-order valence-corrected chi connectivity index (χ3v) is 3.21. The molecular weight excluding hydrogens is 305 g/mol. The summed E-state index contributed by atoms with van der Waals surface area (Å²) >= 11 is 5.95. The van der Waals surface area contributed by atoms with Gasteiger partial charge in [-0.05, 0) is 42.0 Å². The first kappa shape index (κ1) is 15.9. The molecule has 0 aliphatic rings. The molecule has 0 bridgehead atoms. The second kappa shape index (κ2) is 6.98. The molecule has 0 aliphatic carbocycles. The van der Waals surface area contributed by atoms with E-state index in [4.69, 9.17) is 11.6 Å². The summed E-state index contributed by atoms with van der Waals surface area (Å²) in [6.07, 6.45) is 3.32. The minimum atomic E-state index is -0.267. The zero-order valence-corrected chi connectivity index (χ0v) is 12.2. The number of hydrogen-bond acceptors (Lipinski definition) is 3. The number of anilines is 1. The summed E-state index contributed by atoms with van der Waals surface area (Å²) in [4.78, 5) is 4.26. The number of hydrazone groups is 1. The van der Waals surface area contributed by atoms with Crippen LogP contribution in [0.2, 0.25) is 5.02 Å². The fourth-order valence-electron chi connectivity index (χ4n) is 1.94. The SMILES string of the molecule is Fc1ccc(/C=N/Nc2ccnc3cc(Cl)ccc23)cc1.O. The van der Waals surface area contributed by atoms with Crippen molar-refractivity contribution < 1.29 is 9.87 Å². The van der Waals surface area contributed by atoms with Crippen molar-refractivity contribution >= 4 is 34.4 Å². The summed E-state index contributed by atoms with van der Waals surface area (Å²) in [5.74, 6) is -0.267. The van der Waals surface area contributed by atoms with E-state index in [9.17, 15) is 4.39 Å². The Labute approximate surface area is 131 Å². The number of rotatable bonds is 3. The molecule has 3 N–H and O–H groups in total. The van der Waals surface area contributed by atoms with Crippen LogP contribution >= 0.6 is 11.6 Å². The Bertz CT molecular complexity index is 806. The molecule has 0 aliphatic heterocycles. The molecule has 0 atom stereocenters. The third kappa shape index (κ3) is 3.58. The number of benzene rings is 2. The summed E-state index contributed by atoms with van der Waals surface area (Å²) in [5, 5.41) is 5.73. The van der Waals surface area contributed by atoms with Gasteiger partial charge in [-0.25, -0.2) is 4.39 Å². The molecule has 3 aromatic rings. The number of nitrogens with one attached hydrogen (secondary N) is 1. The number of pyridine rings is 1. The van der Waals surface area contributed by atoms with Gasteiger partial charge in [0.05, 0.1) is 17.4 Å². The Morgan fingerprint density at radius 3 is 2.64 bits per heavy atom. The van der Waals surface area contributed by atoms with E-state index in [2.05, 4.69) is 15.5 Å². The maximum absolute atomic E-state index is 12.8. The van der Waals surface area contributed by atoms with E-state index in [0.717, 1.165) is 22.2 Å². The molecule has 4 nitrogen and oxygen atoms in total. The number of hydrogen-bond donors (Lipinski definition) is 1. The molecule has 0 radical (unpaired) electrons. The van der Waals surface area contributed by atoms with Crippen LogP contribution in [0.4, 0.5) is 10.1 Å². The van der Waals surface area contributed by atoms with Crippen molar-refractivity contribution in [2.75, 3.05) is 5.43 Å². The lowest BCUT2D eigenvalue weighted by molar-refractivity contribution is 0.628. The molecule has 1 heterocycles. The summed E-state index contributed by atoms with van der Waals surface area (Å²) in [6.45, 7) is 0. The molecule has 22 heavy (non-hydrogen) atoms. The highest BCUT2D eigenvalue weighted by atomic mass is 35.5. The van der Waals surface area contributed by atoms with Gasteiger partial charge >= 0.3 is 0 Å². The molecule has 0 saturated carbocycles. The van der Waals surface area contributed by atoms with Gasteiger partial charge in [-0.1, -0.05) is 23.7 Å². The van der Waals surface area contributed by atoms with Crippen LogP contribution in [0.25, 0.3) is 10.9 Å². The average Bonchev–Trinajstić information content (AvgIpc) is 2.49. The Balaban J connectivity index is 0.00000176. The Morgan fingerprint density at radius 1 is 1.09 bits per heavy atom. The lowest BCUT2D eigenvalue weighted by Crippen LogP contribution is -1.93.